The predicted octanol–water partition coefficient (Wildman–Crippen LogP) is 5.14. The summed E-state index contributed by atoms with van der Waals surface area (Å²) in [5.74, 6) is 2.03. The van der Waals surface area contributed by atoms with Crippen molar-refractivity contribution in [3.8, 4) is 28.6 Å². The first-order valence-electron chi connectivity index (χ1n) is 11.1. The van der Waals surface area contributed by atoms with Crippen LogP contribution in [0.3, 0.4) is 0 Å². The maximum absolute atomic E-state index is 13.3. The van der Waals surface area contributed by atoms with Crippen molar-refractivity contribution in [3.05, 3.63) is 82.6 Å². The molecule has 0 saturated heterocycles. The van der Waals surface area contributed by atoms with E-state index in [1.165, 1.54) is 4.68 Å². The molecular formula is C27H27N3O4. The number of hydrogen-bond acceptors (Lipinski definition) is 6. The molecule has 7 heteroatoms. The summed E-state index contributed by atoms with van der Waals surface area (Å²) >= 11 is 0. The summed E-state index contributed by atoms with van der Waals surface area (Å²) in [7, 11) is 3.15. The van der Waals surface area contributed by atoms with Gasteiger partial charge in [0.25, 0.3) is 5.56 Å². The number of fused-ring (bicyclic) bond motifs is 1. The van der Waals surface area contributed by atoms with E-state index in [-0.39, 0.29) is 11.7 Å². The standard InChI is InChI=1S/C27H27N3O4/c1-5-18(2)34-25-23(32-3)15-19(16-24(25)33-4)17-28-30-26(20-11-7-6-8-12-20)29-22-14-10-9-13-21(22)27(30)31/h6-18H,5H2,1-4H3/t18-/m1/s1. The molecule has 4 aromatic rings. The molecule has 0 bridgehead atoms. The number of rotatable bonds is 8. The Morgan fingerprint density at radius 1 is 1.00 bits per heavy atom. The maximum atomic E-state index is 13.3. The molecule has 1 aromatic heterocycles. The average Bonchev–Trinajstić information content (AvgIpc) is 2.88. The van der Waals surface area contributed by atoms with Crippen LogP contribution in [0.2, 0.25) is 0 Å². The van der Waals surface area contributed by atoms with Gasteiger partial charge in [0.1, 0.15) is 0 Å². The summed E-state index contributed by atoms with van der Waals surface area (Å²) in [6, 6.07) is 20.3. The molecule has 0 spiro atoms. The molecule has 0 aliphatic rings. The van der Waals surface area contributed by atoms with E-state index in [4.69, 9.17) is 19.2 Å². The van der Waals surface area contributed by atoms with Crippen LogP contribution < -0.4 is 19.8 Å². The van der Waals surface area contributed by atoms with Crippen LogP contribution in [-0.4, -0.2) is 36.2 Å². The lowest BCUT2D eigenvalue weighted by molar-refractivity contribution is 0.198. The predicted molar refractivity (Wildman–Crippen MR) is 134 cm³/mol. The molecule has 174 valence electrons. The summed E-state index contributed by atoms with van der Waals surface area (Å²) < 4.78 is 18.4. The summed E-state index contributed by atoms with van der Waals surface area (Å²) in [6.45, 7) is 4.03. The zero-order valence-corrected chi connectivity index (χ0v) is 19.7. The van der Waals surface area contributed by atoms with Crippen molar-refractivity contribution in [3.63, 3.8) is 0 Å². The molecule has 7 nitrogen and oxygen atoms in total. The van der Waals surface area contributed by atoms with Gasteiger partial charge in [0.05, 0.1) is 37.4 Å². The largest absolute Gasteiger partial charge is 0.493 e. The van der Waals surface area contributed by atoms with E-state index >= 15 is 0 Å². The Hall–Kier alpha value is -4.13. The fourth-order valence-corrected chi connectivity index (χ4v) is 3.50. The monoisotopic (exact) mass is 457 g/mol. The van der Waals surface area contributed by atoms with Gasteiger partial charge in [-0.15, -0.1) is 0 Å². The van der Waals surface area contributed by atoms with Gasteiger partial charge in [-0.05, 0) is 37.6 Å². The number of benzene rings is 3. The number of hydrogen-bond donors (Lipinski definition) is 0. The molecule has 0 radical (unpaired) electrons. The molecule has 1 atom stereocenters. The molecule has 0 aliphatic carbocycles. The van der Waals surface area contributed by atoms with E-state index in [2.05, 4.69) is 5.10 Å². The Balaban J connectivity index is 1.84. The smallest absolute Gasteiger partial charge is 0.282 e. The Labute approximate surface area is 198 Å². The molecular weight excluding hydrogens is 430 g/mol. The Morgan fingerprint density at radius 3 is 2.29 bits per heavy atom. The molecule has 0 aliphatic heterocycles. The highest BCUT2D eigenvalue weighted by atomic mass is 16.5. The normalized spacial score (nSPS) is 12.1. The van der Waals surface area contributed by atoms with Gasteiger partial charge in [-0.3, -0.25) is 4.79 Å². The number of ether oxygens (including phenoxy) is 3. The second kappa shape index (κ2) is 10.2. The lowest BCUT2D eigenvalue weighted by Crippen LogP contribution is -2.20. The van der Waals surface area contributed by atoms with Crippen LogP contribution in [-0.2, 0) is 0 Å². The summed E-state index contributed by atoms with van der Waals surface area (Å²) in [5, 5.41) is 5.02. The third-order valence-corrected chi connectivity index (χ3v) is 5.48. The molecule has 0 fully saturated rings. The van der Waals surface area contributed by atoms with Crippen LogP contribution in [0.5, 0.6) is 17.2 Å². The second-order valence-corrected chi connectivity index (χ2v) is 7.77. The maximum Gasteiger partial charge on any atom is 0.282 e. The summed E-state index contributed by atoms with van der Waals surface area (Å²) in [5.41, 5.74) is 1.84. The third kappa shape index (κ3) is 4.64. The van der Waals surface area contributed by atoms with E-state index in [0.717, 1.165) is 12.0 Å². The van der Waals surface area contributed by atoms with E-state index < -0.39 is 0 Å². The number of methoxy groups -OCH3 is 2. The minimum atomic E-state index is -0.253. The number of para-hydroxylation sites is 1. The first-order chi connectivity index (χ1) is 16.5. The molecule has 4 rings (SSSR count). The van der Waals surface area contributed by atoms with Crippen molar-refractivity contribution < 1.29 is 14.2 Å². The minimum absolute atomic E-state index is 0.00185. The molecule has 0 amide bonds. The van der Waals surface area contributed by atoms with Gasteiger partial charge in [0, 0.05) is 11.1 Å². The van der Waals surface area contributed by atoms with E-state index in [1.807, 2.05) is 62.4 Å². The van der Waals surface area contributed by atoms with Crippen molar-refractivity contribution in [2.24, 2.45) is 5.10 Å². The van der Waals surface area contributed by atoms with Crippen molar-refractivity contribution in [1.82, 2.24) is 9.66 Å². The average molecular weight is 458 g/mol. The van der Waals surface area contributed by atoms with Crippen molar-refractivity contribution in [2.75, 3.05) is 14.2 Å². The first kappa shape index (κ1) is 23.0. The molecule has 1 heterocycles. The lowest BCUT2D eigenvalue weighted by Gasteiger charge is -2.18. The zero-order valence-electron chi connectivity index (χ0n) is 19.7. The molecule has 0 N–H and O–H groups in total. The Kier molecular flexibility index (Phi) is 6.92. The van der Waals surface area contributed by atoms with Crippen LogP contribution in [0.15, 0.2) is 76.6 Å². The van der Waals surface area contributed by atoms with E-state index in [1.54, 1.807) is 38.6 Å². The summed E-state index contributed by atoms with van der Waals surface area (Å²) in [6.07, 6.45) is 2.43. The highest BCUT2D eigenvalue weighted by Crippen LogP contribution is 2.39. The van der Waals surface area contributed by atoms with Gasteiger partial charge in [-0.2, -0.15) is 9.78 Å². The van der Waals surface area contributed by atoms with Crippen LogP contribution in [0.25, 0.3) is 22.3 Å². The van der Waals surface area contributed by atoms with Crippen molar-refractivity contribution >= 4 is 17.1 Å². The van der Waals surface area contributed by atoms with Crippen LogP contribution in [0.1, 0.15) is 25.8 Å². The minimum Gasteiger partial charge on any atom is -0.493 e. The van der Waals surface area contributed by atoms with Gasteiger partial charge in [0.2, 0.25) is 5.75 Å². The van der Waals surface area contributed by atoms with Crippen LogP contribution in [0, 0.1) is 0 Å². The zero-order chi connectivity index (χ0) is 24.1. The fourth-order valence-electron chi connectivity index (χ4n) is 3.50. The van der Waals surface area contributed by atoms with E-state index in [0.29, 0.717) is 39.5 Å². The number of aromatic nitrogens is 2. The summed E-state index contributed by atoms with van der Waals surface area (Å²) in [4.78, 5) is 18.1. The van der Waals surface area contributed by atoms with Gasteiger partial charge >= 0.3 is 0 Å². The third-order valence-electron chi connectivity index (χ3n) is 5.48. The molecule has 34 heavy (non-hydrogen) atoms. The van der Waals surface area contributed by atoms with Crippen molar-refractivity contribution in [1.29, 1.82) is 0 Å². The lowest BCUT2D eigenvalue weighted by atomic mass is 10.2. The number of nitrogens with zero attached hydrogens (tertiary/aromatic N) is 3. The van der Waals surface area contributed by atoms with Crippen molar-refractivity contribution in [2.45, 2.75) is 26.4 Å². The fraction of sp³-hybridized carbons (Fsp3) is 0.222. The van der Waals surface area contributed by atoms with Crippen LogP contribution in [0.4, 0.5) is 0 Å². The van der Waals surface area contributed by atoms with E-state index in [9.17, 15) is 4.79 Å². The second-order valence-electron chi connectivity index (χ2n) is 7.77. The first-order valence-corrected chi connectivity index (χ1v) is 11.1. The van der Waals surface area contributed by atoms with Gasteiger partial charge < -0.3 is 14.2 Å². The molecule has 0 saturated carbocycles. The Bertz CT molecular complexity index is 1360. The van der Waals surface area contributed by atoms with Gasteiger partial charge in [-0.1, -0.05) is 49.4 Å². The van der Waals surface area contributed by atoms with Gasteiger partial charge in [0.15, 0.2) is 17.3 Å². The van der Waals surface area contributed by atoms with Gasteiger partial charge in [-0.25, -0.2) is 4.98 Å². The highest BCUT2D eigenvalue weighted by molar-refractivity contribution is 5.83. The molecule has 0 unspecified atom stereocenters. The Morgan fingerprint density at radius 2 is 1.65 bits per heavy atom. The SMILES string of the molecule is CC[C@@H](C)Oc1c(OC)cc(C=Nn2c(-c3ccccc3)nc3ccccc3c2=O)cc1OC. The molecule has 3 aromatic carbocycles. The van der Waals surface area contributed by atoms with Crippen LogP contribution >= 0.6 is 0 Å². The quantitative estimate of drug-likeness (QED) is 0.343. The highest BCUT2D eigenvalue weighted by Gasteiger charge is 2.17. The topological polar surface area (TPSA) is 74.9 Å².